The Kier molecular flexibility index (Phi) is 4.73. The Hall–Kier alpha value is -2.99. The van der Waals surface area contributed by atoms with Gasteiger partial charge >= 0.3 is 0 Å². The van der Waals surface area contributed by atoms with E-state index in [0.29, 0.717) is 11.8 Å². The Labute approximate surface area is 163 Å². The summed E-state index contributed by atoms with van der Waals surface area (Å²) in [7, 11) is 0. The van der Waals surface area contributed by atoms with Crippen molar-refractivity contribution < 1.29 is 9.47 Å². The molecule has 0 atom stereocenters. The van der Waals surface area contributed by atoms with Crippen LogP contribution in [0.2, 0.25) is 0 Å². The smallest absolute Gasteiger partial charge is 0.231 e. The lowest BCUT2D eigenvalue weighted by atomic mass is 10.1. The molecule has 0 amide bonds. The molecule has 2 aliphatic rings. The zero-order chi connectivity index (χ0) is 17.3. The summed E-state index contributed by atoms with van der Waals surface area (Å²) in [5.74, 6) is 2.77. The van der Waals surface area contributed by atoms with Gasteiger partial charge in [0.25, 0.3) is 0 Å². The van der Waals surface area contributed by atoms with Crippen molar-refractivity contribution in [1.82, 2.24) is 9.97 Å². The van der Waals surface area contributed by atoms with Crippen molar-refractivity contribution in [1.29, 1.82) is 0 Å². The minimum absolute atomic E-state index is 0. The third kappa shape index (κ3) is 3.61. The summed E-state index contributed by atoms with van der Waals surface area (Å²) in [6, 6.07) is 14.0. The number of aromatic nitrogens is 2. The molecule has 0 radical (unpaired) electrons. The predicted molar refractivity (Wildman–Crippen MR) is 107 cm³/mol. The van der Waals surface area contributed by atoms with Gasteiger partial charge in [0.2, 0.25) is 12.7 Å². The summed E-state index contributed by atoms with van der Waals surface area (Å²) in [5.41, 5.74) is 4.78. The van der Waals surface area contributed by atoms with E-state index in [1.165, 1.54) is 24.0 Å². The maximum atomic E-state index is 5.41. The molecular formula is C20H19ClN4O2. The fraction of sp³-hybridized carbons (Fsp3) is 0.200. The highest BCUT2D eigenvalue weighted by molar-refractivity contribution is 5.85. The normalized spacial score (nSPS) is 13.6. The Morgan fingerprint density at radius 3 is 2.59 bits per heavy atom. The van der Waals surface area contributed by atoms with Crippen molar-refractivity contribution in [3.8, 4) is 11.5 Å². The second-order valence-corrected chi connectivity index (χ2v) is 6.42. The number of hydrogen-bond donors (Lipinski definition) is 2. The summed E-state index contributed by atoms with van der Waals surface area (Å²) in [6.45, 7) is 0.265. The van der Waals surface area contributed by atoms with Crippen molar-refractivity contribution in [2.45, 2.75) is 19.3 Å². The first kappa shape index (κ1) is 17.4. The average molecular weight is 383 g/mol. The van der Waals surface area contributed by atoms with Gasteiger partial charge in [-0.15, -0.1) is 12.4 Å². The lowest BCUT2D eigenvalue weighted by Gasteiger charge is -2.10. The Morgan fingerprint density at radius 1 is 0.815 bits per heavy atom. The minimum atomic E-state index is 0. The van der Waals surface area contributed by atoms with E-state index in [-0.39, 0.29) is 19.2 Å². The molecule has 0 bridgehead atoms. The molecule has 0 fully saturated rings. The number of nitrogens with one attached hydrogen (secondary N) is 2. The molecule has 2 heterocycles. The van der Waals surface area contributed by atoms with Crippen LogP contribution in [0.5, 0.6) is 11.5 Å². The van der Waals surface area contributed by atoms with Gasteiger partial charge in [0.05, 0.1) is 0 Å². The zero-order valence-electron chi connectivity index (χ0n) is 14.6. The van der Waals surface area contributed by atoms with Crippen LogP contribution in [0.4, 0.5) is 23.1 Å². The fourth-order valence-electron chi connectivity index (χ4n) is 3.39. The second-order valence-electron chi connectivity index (χ2n) is 6.42. The van der Waals surface area contributed by atoms with Crippen LogP contribution in [0.25, 0.3) is 0 Å². The summed E-state index contributed by atoms with van der Waals surface area (Å²) in [4.78, 5) is 8.87. The van der Waals surface area contributed by atoms with Gasteiger partial charge in [-0.2, -0.15) is 4.98 Å². The van der Waals surface area contributed by atoms with E-state index in [4.69, 9.17) is 9.47 Å². The van der Waals surface area contributed by atoms with Crippen LogP contribution in [0.15, 0.2) is 48.7 Å². The number of ether oxygens (including phenoxy) is 2. The number of nitrogens with zero attached hydrogens (tertiary/aromatic N) is 2. The molecule has 5 rings (SSSR count). The lowest BCUT2D eigenvalue weighted by Crippen LogP contribution is -2.00. The van der Waals surface area contributed by atoms with Crippen LogP contribution in [0, 0.1) is 0 Å². The molecule has 0 saturated carbocycles. The maximum absolute atomic E-state index is 5.41. The quantitative estimate of drug-likeness (QED) is 0.687. The highest BCUT2D eigenvalue weighted by Crippen LogP contribution is 2.35. The van der Waals surface area contributed by atoms with Gasteiger partial charge in [-0.3, -0.25) is 0 Å². The molecule has 1 aliphatic heterocycles. The van der Waals surface area contributed by atoms with Crippen molar-refractivity contribution in [2.75, 3.05) is 17.4 Å². The van der Waals surface area contributed by atoms with E-state index < -0.39 is 0 Å². The summed E-state index contributed by atoms with van der Waals surface area (Å²) in [6.07, 6.45) is 5.31. The number of rotatable bonds is 4. The highest BCUT2D eigenvalue weighted by Gasteiger charge is 2.14. The molecule has 2 aromatic carbocycles. The molecular weight excluding hydrogens is 364 g/mol. The molecule has 3 aromatic rings. The third-order valence-electron chi connectivity index (χ3n) is 4.66. The van der Waals surface area contributed by atoms with Crippen molar-refractivity contribution >= 4 is 35.5 Å². The summed E-state index contributed by atoms with van der Waals surface area (Å²) >= 11 is 0. The molecule has 0 unspecified atom stereocenters. The average Bonchev–Trinajstić information content (AvgIpc) is 3.30. The Morgan fingerprint density at radius 2 is 1.63 bits per heavy atom. The molecule has 6 nitrogen and oxygen atoms in total. The van der Waals surface area contributed by atoms with Crippen LogP contribution in [0.1, 0.15) is 17.5 Å². The number of aryl methyl sites for hydroxylation is 2. The van der Waals surface area contributed by atoms with Gasteiger partial charge in [0.15, 0.2) is 11.5 Å². The number of hydrogen-bond acceptors (Lipinski definition) is 6. The van der Waals surface area contributed by atoms with Crippen LogP contribution in [-0.2, 0) is 12.8 Å². The van der Waals surface area contributed by atoms with E-state index in [1.807, 2.05) is 24.3 Å². The lowest BCUT2D eigenvalue weighted by molar-refractivity contribution is 0.174. The summed E-state index contributed by atoms with van der Waals surface area (Å²) < 4.78 is 10.7. The standard InChI is InChI=1S/C20H18N4O2.ClH/c1-2-13-4-5-15(10-14(13)3-1)23-20-21-9-8-19(24-20)22-16-6-7-17-18(11-16)26-12-25-17;/h4-11H,1-3,12H2,(H2,21,22,23,24);1H. The van der Waals surface area contributed by atoms with Gasteiger partial charge in [0, 0.05) is 23.6 Å². The highest BCUT2D eigenvalue weighted by atomic mass is 35.5. The van der Waals surface area contributed by atoms with E-state index in [2.05, 4.69) is 38.8 Å². The number of anilines is 4. The predicted octanol–water partition coefficient (Wildman–Crippen LogP) is 4.60. The van der Waals surface area contributed by atoms with Gasteiger partial charge in [-0.25, -0.2) is 4.98 Å². The molecule has 0 saturated heterocycles. The third-order valence-corrected chi connectivity index (χ3v) is 4.66. The number of halogens is 1. The van der Waals surface area contributed by atoms with Crippen molar-refractivity contribution in [3.63, 3.8) is 0 Å². The van der Waals surface area contributed by atoms with Crippen LogP contribution < -0.4 is 20.1 Å². The molecule has 7 heteroatoms. The van der Waals surface area contributed by atoms with Crippen LogP contribution in [-0.4, -0.2) is 16.8 Å². The molecule has 1 aromatic heterocycles. The molecule has 2 N–H and O–H groups in total. The number of benzene rings is 2. The van der Waals surface area contributed by atoms with Gasteiger partial charge in [0.1, 0.15) is 5.82 Å². The van der Waals surface area contributed by atoms with Crippen molar-refractivity contribution in [2.24, 2.45) is 0 Å². The molecule has 138 valence electrons. The molecule has 27 heavy (non-hydrogen) atoms. The molecule has 0 spiro atoms. The topological polar surface area (TPSA) is 68.3 Å². The monoisotopic (exact) mass is 382 g/mol. The van der Waals surface area contributed by atoms with Crippen LogP contribution >= 0.6 is 12.4 Å². The van der Waals surface area contributed by atoms with Crippen LogP contribution in [0.3, 0.4) is 0 Å². The van der Waals surface area contributed by atoms with E-state index in [0.717, 1.165) is 29.3 Å². The van der Waals surface area contributed by atoms with Crippen molar-refractivity contribution in [3.05, 3.63) is 59.8 Å². The first-order valence-corrected chi connectivity index (χ1v) is 8.72. The fourth-order valence-corrected chi connectivity index (χ4v) is 3.39. The first-order chi connectivity index (χ1) is 12.8. The molecule has 1 aliphatic carbocycles. The van der Waals surface area contributed by atoms with E-state index in [1.54, 1.807) is 6.20 Å². The van der Waals surface area contributed by atoms with Gasteiger partial charge < -0.3 is 20.1 Å². The van der Waals surface area contributed by atoms with E-state index in [9.17, 15) is 0 Å². The van der Waals surface area contributed by atoms with Gasteiger partial charge in [-0.1, -0.05) is 6.07 Å². The van der Waals surface area contributed by atoms with Gasteiger partial charge in [-0.05, 0) is 60.7 Å². The first-order valence-electron chi connectivity index (χ1n) is 8.72. The Bertz CT molecular complexity index is 905. The summed E-state index contributed by atoms with van der Waals surface area (Å²) in [5, 5.41) is 6.57. The Balaban J connectivity index is 0.00000180. The SMILES string of the molecule is Cl.c1cc(Nc2ccc3c(c2)OCO3)nc(Nc2ccc3c(c2)CCC3)n1. The maximum Gasteiger partial charge on any atom is 0.231 e. The second kappa shape index (κ2) is 7.32. The van der Waals surface area contributed by atoms with E-state index >= 15 is 0 Å². The minimum Gasteiger partial charge on any atom is -0.454 e. The zero-order valence-corrected chi connectivity index (χ0v) is 15.4. The largest absolute Gasteiger partial charge is 0.454 e. The number of fused-ring (bicyclic) bond motifs is 2.